The summed E-state index contributed by atoms with van der Waals surface area (Å²) in [6.07, 6.45) is 6.16. The first-order valence-corrected chi connectivity index (χ1v) is 10.2. The van der Waals surface area contributed by atoms with E-state index in [-0.39, 0.29) is 22.5 Å². The number of thioether (sulfide) groups is 1. The van der Waals surface area contributed by atoms with Gasteiger partial charge in [0.25, 0.3) is 0 Å². The average Bonchev–Trinajstić information content (AvgIpc) is 2.47. The maximum absolute atomic E-state index is 12.6. The van der Waals surface area contributed by atoms with E-state index in [1.54, 1.807) is 30.0 Å². The molecule has 0 radical (unpaired) electrons. The van der Waals surface area contributed by atoms with Gasteiger partial charge in [-0.15, -0.1) is 0 Å². The smallest absolute Gasteiger partial charge is 0.242 e. The predicted octanol–water partition coefficient (Wildman–Crippen LogP) is 2.75. The van der Waals surface area contributed by atoms with Crippen molar-refractivity contribution in [3.63, 3.8) is 0 Å². The summed E-state index contributed by atoms with van der Waals surface area (Å²) in [5, 5.41) is 0.557. The molecule has 118 valence electrons. The highest BCUT2D eigenvalue weighted by Gasteiger charge is 2.30. The highest BCUT2D eigenvalue weighted by molar-refractivity contribution is 7.99. The van der Waals surface area contributed by atoms with Gasteiger partial charge in [0.15, 0.2) is 0 Å². The summed E-state index contributed by atoms with van der Waals surface area (Å²) < 4.78 is 28.0. The van der Waals surface area contributed by atoms with Gasteiger partial charge in [-0.05, 0) is 36.8 Å². The van der Waals surface area contributed by atoms with Gasteiger partial charge in [-0.25, -0.2) is 13.1 Å². The Kier molecular flexibility index (Phi) is 5.96. The van der Waals surface area contributed by atoms with Crippen molar-refractivity contribution in [3.8, 4) is 0 Å². The molecule has 3 N–H and O–H groups in total. The van der Waals surface area contributed by atoms with Crippen LogP contribution in [0.2, 0.25) is 5.02 Å². The van der Waals surface area contributed by atoms with Gasteiger partial charge in [-0.3, -0.25) is 0 Å². The van der Waals surface area contributed by atoms with Gasteiger partial charge in [0.1, 0.15) is 4.90 Å². The molecule has 1 aromatic rings. The van der Waals surface area contributed by atoms with E-state index in [1.807, 2.05) is 6.26 Å². The zero-order valence-electron chi connectivity index (χ0n) is 12.0. The highest BCUT2D eigenvalue weighted by Crippen LogP contribution is 2.29. The maximum Gasteiger partial charge on any atom is 0.242 e. The topological polar surface area (TPSA) is 72.2 Å². The second-order valence-corrected chi connectivity index (χ2v) is 8.42. The van der Waals surface area contributed by atoms with Crippen molar-refractivity contribution in [2.24, 2.45) is 5.73 Å². The lowest BCUT2D eigenvalue weighted by Gasteiger charge is -2.30. The number of nitrogens with two attached hydrogens (primary N) is 1. The minimum atomic E-state index is -3.62. The number of halogens is 1. The van der Waals surface area contributed by atoms with Gasteiger partial charge in [-0.1, -0.05) is 30.5 Å². The first-order chi connectivity index (χ1) is 9.97. The lowest BCUT2D eigenvalue weighted by Crippen LogP contribution is -2.43. The lowest BCUT2D eigenvalue weighted by atomic mass is 9.96. The molecule has 0 bridgehead atoms. The van der Waals surface area contributed by atoms with Crippen molar-refractivity contribution in [2.75, 3.05) is 6.26 Å². The Morgan fingerprint density at radius 1 is 1.38 bits per heavy atom. The van der Waals surface area contributed by atoms with E-state index in [2.05, 4.69) is 4.72 Å². The molecule has 0 aromatic heterocycles. The molecule has 2 unspecified atom stereocenters. The lowest BCUT2D eigenvalue weighted by molar-refractivity contribution is 0.423. The molecule has 21 heavy (non-hydrogen) atoms. The molecule has 0 saturated heterocycles. The van der Waals surface area contributed by atoms with Gasteiger partial charge >= 0.3 is 0 Å². The van der Waals surface area contributed by atoms with Gasteiger partial charge < -0.3 is 5.73 Å². The van der Waals surface area contributed by atoms with Crippen LogP contribution in [0.15, 0.2) is 23.1 Å². The predicted molar refractivity (Wildman–Crippen MR) is 89.2 cm³/mol. The standard InChI is InChI=1S/C14H21ClN2O2S2/c1-20-13-5-3-2-4-12(13)17-21(18,19)14-8-10(9-16)6-7-11(14)15/h6-8,12-13,17H,2-5,9,16H2,1H3. The minimum absolute atomic E-state index is 0.0312. The summed E-state index contributed by atoms with van der Waals surface area (Å²) >= 11 is 7.78. The van der Waals surface area contributed by atoms with E-state index in [4.69, 9.17) is 17.3 Å². The quantitative estimate of drug-likeness (QED) is 0.858. The molecule has 1 saturated carbocycles. The van der Waals surface area contributed by atoms with Gasteiger partial charge in [0.2, 0.25) is 10.0 Å². The van der Waals surface area contributed by atoms with Crippen LogP contribution in [0.25, 0.3) is 0 Å². The number of nitrogens with one attached hydrogen (secondary N) is 1. The summed E-state index contributed by atoms with van der Waals surface area (Å²) in [5.41, 5.74) is 6.33. The van der Waals surface area contributed by atoms with Crippen LogP contribution in [0.4, 0.5) is 0 Å². The first kappa shape index (κ1) is 17.1. The van der Waals surface area contributed by atoms with Crippen molar-refractivity contribution < 1.29 is 8.42 Å². The number of rotatable bonds is 5. The Hall–Kier alpha value is -0.270. The van der Waals surface area contributed by atoms with Crippen molar-refractivity contribution >= 4 is 33.4 Å². The third kappa shape index (κ3) is 4.13. The third-order valence-electron chi connectivity index (χ3n) is 3.83. The largest absolute Gasteiger partial charge is 0.326 e. The average molecular weight is 349 g/mol. The molecule has 2 atom stereocenters. The molecular formula is C14H21ClN2O2S2. The first-order valence-electron chi connectivity index (χ1n) is 7.01. The Morgan fingerprint density at radius 2 is 2.10 bits per heavy atom. The van der Waals surface area contributed by atoms with E-state index >= 15 is 0 Å². The van der Waals surface area contributed by atoms with E-state index in [0.717, 1.165) is 31.2 Å². The van der Waals surface area contributed by atoms with Gasteiger partial charge in [0.05, 0.1) is 5.02 Å². The summed E-state index contributed by atoms with van der Waals surface area (Å²) in [6, 6.07) is 4.86. The zero-order valence-corrected chi connectivity index (χ0v) is 14.4. The normalized spacial score (nSPS) is 23.2. The molecule has 7 heteroatoms. The van der Waals surface area contributed by atoms with Crippen LogP contribution in [-0.2, 0) is 16.6 Å². The molecular weight excluding hydrogens is 328 g/mol. The zero-order chi connectivity index (χ0) is 15.5. The Morgan fingerprint density at radius 3 is 2.76 bits per heavy atom. The van der Waals surface area contributed by atoms with Crippen LogP contribution in [-0.4, -0.2) is 26.0 Å². The van der Waals surface area contributed by atoms with Crippen LogP contribution >= 0.6 is 23.4 Å². The van der Waals surface area contributed by atoms with E-state index in [1.165, 1.54) is 0 Å². The van der Waals surface area contributed by atoms with E-state index < -0.39 is 10.0 Å². The molecule has 0 heterocycles. The molecule has 0 aliphatic heterocycles. The molecule has 1 aliphatic rings. The van der Waals surface area contributed by atoms with Crippen LogP contribution in [0.1, 0.15) is 31.2 Å². The van der Waals surface area contributed by atoms with Crippen molar-refractivity contribution in [2.45, 2.75) is 48.4 Å². The molecule has 0 amide bonds. The van der Waals surface area contributed by atoms with E-state index in [9.17, 15) is 8.42 Å². The molecule has 0 spiro atoms. The monoisotopic (exact) mass is 348 g/mol. The summed E-state index contributed by atoms with van der Waals surface area (Å²) in [6.45, 7) is 0.288. The molecule has 1 fully saturated rings. The fourth-order valence-corrected chi connectivity index (χ4v) is 5.54. The number of hydrogen-bond donors (Lipinski definition) is 2. The highest BCUT2D eigenvalue weighted by atomic mass is 35.5. The van der Waals surface area contributed by atoms with Crippen molar-refractivity contribution in [1.82, 2.24) is 4.72 Å². The Bertz CT molecular complexity index is 593. The number of sulfonamides is 1. The Labute approximate surface area is 135 Å². The van der Waals surface area contributed by atoms with Crippen LogP contribution < -0.4 is 10.5 Å². The summed E-state index contributed by atoms with van der Waals surface area (Å²) in [7, 11) is -3.62. The number of benzene rings is 1. The van der Waals surface area contributed by atoms with Gasteiger partial charge in [0, 0.05) is 17.8 Å². The van der Waals surface area contributed by atoms with Crippen molar-refractivity contribution in [1.29, 1.82) is 0 Å². The summed E-state index contributed by atoms with van der Waals surface area (Å²) in [5.74, 6) is 0. The SMILES string of the molecule is CSC1CCCCC1NS(=O)(=O)c1cc(CN)ccc1Cl. The van der Waals surface area contributed by atoms with E-state index in [0.29, 0.717) is 5.25 Å². The number of hydrogen-bond acceptors (Lipinski definition) is 4. The molecule has 2 rings (SSSR count). The summed E-state index contributed by atoms with van der Waals surface area (Å²) in [4.78, 5) is 0.123. The Balaban J connectivity index is 2.25. The second-order valence-electron chi connectivity index (χ2n) is 5.26. The molecule has 1 aliphatic carbocycles. The third-order valence-corrected chi connectivity index (χ3v) is 6.97. The van der Waals surface area contributed by atoms with Crippen molar-refractivity contribution in [3.05, 3.63) is 28.8 Å². The van der Waals surface area contributed by atoms with Crippen LogP contribution in [0.5, 0.6) is 0 Å². The molecule has 4 nitrogen and oxygen atoms in total. The molecule has 1 aromatic carbocycles. The van der Waals surface area contributed by atoms with Crippen LogP contribution in [0, 0.1) is 0 Å². The van der Waals surface area contributed by atoms with Gasteiger partial charge in [-0.2, -0.15) is 11.8 Å². The van der Waals surface area contributed by atoms with Crippen LogP contribution in [0.3, 0.4) is 0 Å². The minimum Gasteiger partial charge on any atom is -0.326 e. The maximum atomic E-state index is 12.6. The fourth-order valence-electron chi connectivity index (χ4n) is 2.66. The fraction of sp³-hybridized carbons (Fsp3) is 0.571. The second kappa shape index (κ2) is 7.33.